The van der Waals surface area contributed by atoms with Crippen molar-refractivity contribution in [3.8, 4) is 0 Å². The molecule has 2 rings (SSSR count). The summed E-state index contributed by atoms with van der Waals surface area (Å²) in [6, 6.07) is -0.394. The Kier molecular flexibility index (Phi) is 4.70. The van der Waals surface area contributed by atoms with Crippen molar-refractivity contribution >= 4 is 15.9 Å². The summed E-state index contributed by atoms with van der Waals surface area (Å²) < 4.78 is 40.7. The summed E-state index contributed by atoms with van der Waals surface area (Å²) in [6.07, 6.45) is -2.60. The maximum atomic E-state index is 12.9. The maximum Gasteiger partial charge on any atom is 0.391 e. The van der Waals surface area contributed by atoms with Crippen molar-refractivity contribution in [2.45, 2.75) is 37.9 Å². The van der Waals surface area contributed by atoms with Crippen molar-refractivity contribution in [1.82, 2.24) is 20.4 Å². The van der Waals surface area contributed by atoms with E-state index in [1.54, 1.807) is 7.05 Å². The molecule has 20 heavy (non-hydrogen) atoms. The first kappa shape index (κ1) is 15.7. The third-order valence-electron chi connectivity index (χ3n) is 3.95. The van der Waals surface area contributed by atoms with Gasteiger partial charge in [-0.15, -0.1) is 5.10 Å². The van der Waals surface area contributed by atoms with Gasteiger partial charge in [0.2, 0.25) is 0 Å². The molecule has 0 bridgehead atoms. The van der Waals surface area contributed by atoms with Gasteiger partial charge in [-0.1, -0.05) is 11.6 Å². The molecule has 3 N–H and O–H groups in total. The van der Waals surface area contributed by atoms with Crippen LogP contribution in [0.4, 0.5) is 13.2 Å². The molecule has 5 nitrogen and oxygen atoms in total. The largest absolute Gasteiger partial charge is 0.391 e. The van der Waals surface area contributed by atoms with Gasteiger partial charge in [-0.2, -0.15) is 13.2 Å². The van der Waals surface area contributed by atoms with Crippen LogP contribution in [0.2, 0.25) is 0 Å². The molecule has 0 spiro atoms. The maximum absolute atomic E-state index is 12.9. The quantitative estimate of drug-likeness (QED) is 0.645. The number of nitrogens with one attached hydrogen (secondary N) is 1. The second-order valence-electron chi connectivity index (χ2n) is 5.20. The summed E-state index contributed by atoms with van der Waals surface area (Å²) in [6.45, 7) is 0. The molecule has 1 aromatic rings. The van der Waals surface area contributed by atoms with Gasteiger partial charge in [-0.05, 0) is 41.1 Å². The van der Waals surface area contributed by atoms with E-state index >= 15 is 0 Å². The van der Waals surface area contributed by atoms with E-state index in [2.05, 4.69) is 31.7 Å². The second kappa shape index (κ2) is 5.98. The van der Waals surface area contributed by atoms with E-state index in [1.165, 1.54) is 4.68 Å². The number of hydrogen-bond donors (Lipinski definition) is 2. The van der Waals surface area contributed by atoms with Gasteiger partial charge in [-0.25, -0.2) is 4.68 Å². The van der Waals surface area contributed by atoms with Crippen molar-refractivity contribution in [2.24, 2.45) is 24.7 Å². The minimum atomic E-state index is -4.14. The van der Waals surface area contributed by atoms with Crippen LogP contribution in [-0.4, -0.2) is 21.2 Å². The predicted octanol–water partition coefficient (Wildman–Crippen LogP) is 2.45. The van der Waals surface area contributed by atoms with Crippen molar-refractivity contribution in [2.75, 3.05) is 0 Å². The van der Waals surface area contributed by atoms with Crippen molar-refractivity contribution in [1.29, 1.82) is 0 Å². The zero-order valence-electron chi connectivity index (χ0n) is 11.0. The minimum absolute atomic E-state index is 0.0794. The highest BCUT2D eigenvalue weighted by Crippen LogP contribution is 2.44. The van der Waals surface area contributed by atoms with E-state index < -0.39 is 18.1 Å². The Morgan fingerprint density at radius 2 is 2.15 bits per heavy atom. The average molecular weight is 356 g/mol. The standard InChI is InChI=1S/C11H17BrF3N5/c1-20-9(10(12)18-19-20)8(17-16)6-3-2-4-7(5-6)11(13,14)15/h6-8,17H,2-5,16H2,1H3. The smallest absolute Gasteiger partial charge is 0.271 e. The number of alkyl halides is 3. The van der Waals surface area contributed by atoms with Gasteiger partial charge in [0.05, 0.1) is 17.7 Å². The van der Waals surface area contributed by atoms with Gasteiger partial charge < -0.3 is 0 Å². The first-order valence-corrected chi connectivity index (χ1v) is 7.21. The number of hydrogen-bond acceptors (Lipinski definition) is 4. The molecule has 1 heterocycles. The summed E-state index contributed by atoms with van der Waals surface area (Å²) in [4.78, 5) is 0. The van der Waals surface area contributed by atoms with Crippen molar-refractivity contribution in [3.63, 3.8) is 0 Å². The number of hydrazine groups is 1. The molecule has 1 saturated carbocycles. The summed E-state index contributed by atoms with van der Waals surface area (Å²) in [5.74, 6) is 4.13. The zero-order valence-corrected chi connectivity index (χ0v) is 12.6. The van der Waals surface area contributed by atoms with E-state index in [-0.39, 0.29) is 18.8 Å². The Hall–Kier alpha value is -0.670. The third kappa shape index (κ3) is 3.15. The molecular weight excluding hydrogens is 339 g/mol. The van der Waals surface area contributed by atoms with Crippen LogP contribution in [0.25, 0.3) is 0 Å². The Labute approximate surface area is 123 Å². The van der Waals surface area contributed by atoms with Gasteiger partial charge in [0.15, 0.2) is 4.60 Å². The minimum Gasteiger partial charge on any atom is -0.271 e. The third-order valence-corrected chi connectivity index (χ3v) is 4.51. The van der Waals surface area contributed by atoms with Crippen LogP contribution < -0.4 is 11.3 Å². The van der Waals surface area contributed by atoms with E-state index in [9.17, 15) is 13.2 Å². The Balaban J connectivity index is 2.20. The molecule has 0 saturated heterocycles. The highest BCUT2D eigenvalue weighted by atomic mass is 79.9. The fourth-order valence-corrected chi connectivity index (χ4v) is 3.51. The molecule has 114 valence electrons. The molecule has 0 aromatic carbocycles. The molecule has 0 amide bonds. The average Bonchev–Trinajstić information content (AvgIpc) is 2.71. The van der Waals surface area contributed by atoms with Crippen LogP contribution in [0.5, 0.6) is 0 Å². The predicted molar refractivity (Wildman–Crippen MR) is 70.3 cm³/mol. The van der Waals surface area contributed by atoms with Gasteiger partial charge in [0, 0.05) is 7.05 Å². The number of aryl methyl sites for hydroxylation is 1. The topological polar surface area (TPSA) is 68.8 Å². The second-order valence-corrected chi connectivity index (χ2v) is 5.95. The Bertz CT molecular complexity index is 442. The molecular formula is C11H17BrF3N5. The van der Waals surface area contributed by atoms with Crippen molar-refractivity contribution < 1.29 is 13.2 Å². The summed E-state index contributed by atoms with van der Waals surface area (Å²) in [5, 5.41) is 7.71. The number of rotatable bonds is 3. The van der Waals surface area contributed by atoms with Crippen LogP contribution in [-0.2, 0) is 7.05 Å². The molecule has 3 atom stereocenters. The van der Waals surface area contributed by atoms with Crippen LogP contribution in [0.15, 0.2) is 4.60 Å². The summed E-state index contributed by atoms with van der Waals surface area (Å²) >= 11 is 3.27. The van der Waals surface area contributed by atoms with E-state index in [0.29, 0.717) is 23.1 Å². The normalized spacial score (nSPS) is 25.7. The molecule has 1 aromatic heterocycles. The van der Waals surface area contributed by atoms with Gasteiger partial charge in [0.25, 0.3) is 0 Å². The van der Waals surface area contributed by atoms with Gasteiger partial charge in [-0.3, -0.25) is 11.3 Å². The molecule has 0 aliphatic heterocycles. The summed E-state index contributed by atoms with van der Waals surface area (Å²) in [5.41, 5.74) is 3.31. The molecule has 1 aliphatic carbocycles. The first-order valence-electron chi connectivity index (χ1n) is 6.42. The molecule has 9 heteroatoms. The molecule has 1 fully saturated rings. The first-order chi connectivity index (χ1) is 9.34. The molecule has 0 radical (unpaired) electrons. The number of nitrogens with zero attached hydrogens (tertiary/aromatic N) is 3. The number of nitrogens with two attached hydrogens (primary N) is 1. The van der Waals surface area contributed by atoms with Gasteiger partial charge >= 0.3 is 6.18 Å². The Morgan fingerprint density at radius 1 is 1.45 bits per heavy atom. The monoisotopic (exact) mass is 355 g/mol. The lowest BCUT2D eigenvalue weighted by atomic mass is 9.77. The van der Waals surface area contributed by atoms with Crippen LogP contribution in [0.1, 0.15) is 37.4 Å². The lowest BCUT2D eigenvalue weighted by Gasteiger charge is -2.35. The van der Waals surface area contributed by atoms with Crippen molar-refractivity contribution in [3.05, 3.63) is 10.3 Å². The van der Waals surface area contributed by atoms with Crippen LogP contribution in [0, 0.1) is 11.8 Å². The lowest BCUT2D eigenvalue weighted by molar-refractivity contribution is -0.186. The zero-order chi connectivity index (χ0) is 14.9. The van der Waals surface area contributed by atoms with Crippen LogP contribution >= 0.6 is 15.9 Å². The van der Waals surface area contributed by atoms with E-state index in [1.807, 2.05) is 0 Å². The number of aromatic nitrogens is 3. The fourth-order valence-electron chi connectivity index (χ4n) is 2.93. The molecule has 3 unspecified atom stereocenters. The van der Waals surface area contributed by atoms with Gasteiger partial charge in [0.1, 0.15) is 0 Å². The Morgan fingerprint density at radius 3 is 2.65 bits per heavy atom. The highest BCUT2D eigenvalue weighted by Gasteiger charge is 2.44. The lowest BCUT2D eigenvalue weighted by Crippen LogP contribution is -2.39. The van der Waals surface area contributed by atoms with E-state index in [4.69, 9.17) is 5.84 Å². The highest BCUT2D eigenvalue weighted by molar-refractivity contribution is 9.10. The summed E-state index contributed by atoms with van der Waals surface area (Å²) in [7, 11) is 1.70. The van der Waals surface area contributed by atoms with Crippen LogP contribution in [0.3, 0.4) is 0 Å². The van der Waals surface area contributed by atoms with E-state index in [0.717, 1.165) is 0 Å². The molecule has 1 aliphatic rings. The SMILES string of the molecule is Cn1nnc(Br)c1C(NN)C1CCCC(C(F)(F)F)C1. The number of halogens is 4. The fraction of sp³-hybridized carbons (Fsp3) is 0.818.